The van der Waals surface area contributed by atoms with Crippen molar-refractivity contribution in [1.82, 2.24) is 5.32 Å². The number of phenolic OH excluding ortho intramolecular Hbond substituents is 1. The molecule has 1 heterocycles. The summed E-state index contributed by atoms with van der Waals surface area (Å²) in [5, 5.41) is 12.7. The number of aromatic hydroxyl groups is 1. The van der Waals surface area contributed by atoms with Gasteiger partial charge in [-0.3, -0.25) is 4.79 Å². The largest absolute Gasteiger partial charge is 0.508 e. The van der Waals surface area contributed by atoms with Crippen LogP contribution in [0.2, 0.25) is 0 Å². The van der Waals surface area contributed by atoms with Crippen LogP contribution in [0.3, 0.4) is 0 Å². The number of rotatable bonds is 6. The van der Waals surface area contributed by atoms with Crippen molar-refractivity contribution < 1.29 is 23.8 Å². The molecule has 7 heteroatoms. The van der Waals surface area contributed by atoms with Gasteiger partial charge in [0.15, 0.2) is 0 Å². The van der Waals surface area contributed by atoms with Gasteiger partial charge in [-0.15, -0.1) is 0 Å². The van der Waals surface area contributed by atoms with E-state index in [0.29, 0.717) is 16.5 Å². The molecule has 0 aliphatic heterocycles. The van der Waals surface area contributed by atoms with Crippen molar-refractivity contribution in [3.63, 3.8) is 0 Å². The first-order chi connectivity index (χ1) is 13.5. The summed E-state index contributed by atoms with van der Waals surface area (Å²) in [6, 6.07) is 13.6. The van der Waals surface area contributed by atoms with Crippen LogP contribution in [0.4, 0.5) is 0 Å². The molecule has 3 rings (SSSR count). The van der Waals surface area contributed by atoms with E-state index in [4.69, 9.17) is 9.15 Å². The molecule has 7 nitrogen and oxygen atoms in total. The van der Waals surface area contributed by atoms with Gasteiger partial charge in [0.1, 0.15) is 17.4 Å². The lowest BCUT2D eigenvalue weighted by Gasteiger charge is -2.17. The van der Waals surface area contributed by atoms with Gasteiger partial charge < -0.3 is 19.6 Å². The summed E-state index contributed by atoms with van der Waals surface area (Å²) >= 11 is 0. The lowest BCUT2D eigenvalue weighted by atomic mass is 10.0. The number of hydrogen-bond donors (Lipinski definition) is 2. The predicted octanol–water partition coefficient (Wildman–Crippen LogP) is 1.94. The highest BCUT2D eigenvalue weighted by molar-refractivity contribution is 5.89. The van der Waals surface area contributed by atoms with Gasteiger partial charge in [-0.2, -0.15) is 0 Å². The monoisotopic (exact) mass is 381 g/mol. The Morgan fingerprint density at radius 2 is 1.86 bits per heavy atom. The van der Waals surface area contributed by atoms with Crippen LogP contribution >= 0.6 is 0 Å². The van der Waals surface area contributed by atoms with Crippen molar-refractivity contribution in [2.45, 2.75) is 18.9 Å². The summed E-state index contributed by atoms with van der Waals surface area (Å²) in [7, 11) is 1.24. The number of ether oxygens (including phenoxy) is 1. The van der Waals surface area contributed by atoms with Gasteiger partial charge in [0, 0.05) is 17.9 Å². The van der Waals surface area contributed by atoms with Crippen LogP contribution in [-0.4, -0.2) is 30.1 Å². The number of phenols is 1. The van der Waals surface area contributed by atoms with Crippen molar-refractivity contribution in [2.24, 2.45) is 0 Å². The molecular weight excluding hydrogens is 362 g/mol. The third-order valence-electron chi connectivity index (χ3n) is 4.28. The van der Waals surface area contributed by atoms with Crippen LogP contribution < -0.4 is 10.9 Å². The topological polar surface area (TPSA) is 106 Å². The molecule has 2 N–H and O–H groups in total. The number of nitrogens with one attached hydrogen (secondary N) is 1. The Balaban J connectivity index is 1.78. The lowest BCUT2D eigenvalue weighted by Crippen LogP contribution is -2.43. The number of benzene rings is 2. The molecule has 1 amide bonds. The highest BCUT2D eigenvalue weighted by Gasteiger charge is 2.22. The summed E-state index contributed by atoms with van der Waals surface area (Å²) in [5.74, 6) is -0.902. The Morgan fingerprint density at radius 3 is 2.57 bits per heavy atom. The summed E-state index contributed by atoms with van der Waals surface area (Å²) in [4.78, 5) is 36.4. The van der Waals surface area contributed by atoms with E-state index in [2.05, 4.69) is 5.32 Å². The minimum absolute atomic E-state index is 0.0881. The number of fused-ring (bicyclic) bond motifs is 1. The third kappa shape index (κ3) is 4.56. The first kappa shape index (κ1) is 19.2. The molecule has 144 valence electrons. The van der Waals surface area contributed by atoms with E-state index in [0.717, 1.165) is 5.56 Å². The number of esters is 1. The molecule has 0 spiro atoms. The Kier molecular flexibility index (Phi) is 5.74. The fourth-order valence-corrected chi connectivity index (χ4v) is 2.95. The first-order valence-electron chi connectivity index (χ1n) is 8.63. The molecule has 0 fully saturated rings. The SMILES string of the molecule is COC(=O)C(Cc1ccc(O)cc1)NC(=O)Cc1cc(=O)oc2ccccc12. The van der Waals surface area contributed by atoms with Crippen LogP contribution in [-0.2, 0) is 27.2 Å². The number of carbonyl (C=O) groups excluding carboxylic acids is 2. The second-order valence-corrected chi connectivity index (χ2v) is 6.28. The van der Waals surface area contributed by atoms with E-state index in [-0.39, 0.29) is 18.6 Å². The van der Waals surface area contributed by atoms with E-state index in [1.807, 2.05) is 0 Å². The van der Waals surface area contributed by atoms with Crippen LogP contribution in [0.15, 0.2) is 63.8 Å². The maximum absolute atomic E-state index is 12.6. The average Bonchev–Trinajstić information content (AvgIpc) is 2.68. The van der Waals surface area contributed by atoms with Gasteiger partial charge in [-0.1, -0.05) is 30.3 Å². The Morgan fingerprint density at radius 1 is 1.14 bits per heavy atom. The van der Waals surface area contributed by atoms with Gasteiger partial charge in [0.25, 0.3) is 0 Å². The van der Waals surface area contributed by atoms with E-state index < -0.39 is 23.5 Å². The van der Waals surface area contributed by atoms with Crippen LogP contribution in [0, 0.1) is 0 Å². The van der Waals surface area contributed by atoms with Gasteiger partial charge in [0.05, 0.1) is 13.5 Å². The van der Waals surface area contributed by atoms with Crippen LogP contribution in [0.5, 0.6) is 5.75 Å². The molecule has 0 bridgehead atoms. The zero-order valence-corrected chi connectivity index (χ0v) is 15.2. The molecule has 2 aromatic carbocycles. The van der Waals surface area contributed by atoms with E-state index in [1.54, 1.807) is 36.4 Å². The molecule has 1 aromatic heterocycles. The quantitative estimate of drug-likeness (QED) is 0.499. The lowest BCUT2D eigenvalue weighted by molar-refractivity contribution is -0.145. The third-order valence-corrected chi connectivity index (χ3v) is 4.28. The maximum atomic E-state index is 12.6. The highest BCUT2D eigenvalue weighted by Crippen LogP contribution is 2.17. The van der Waals surface area contributed by atoms with E-state index >= 15 is 0 Å². The number of carbonyl (C=O) groups is 2. The van der Waals surface area contributed by atoms with Crippen LogP contribution in [0.1, 0.15) is 11.1 Å². The first-order valence-corrected chi connectivity index (χ1v) is 8.63. The molecule has 1 atom stereocenters. The molecule has 3 aromatic rings. The van der Waals surface area contributed by atoms with Gasteiger partial charge >= 0.3 is 11.6 Å². The minimum atomic E-state index is -0.895. The Labute approximate surface area is 160 Å². The smallest absolute Gasteiger partial charge is 0.336 e. The molecule has 1 unspecified atom stereocenters. The molecule has 0 aliphatic rings. The highest BCUT2D eigenvalue weighted by atomic mass is 16.5. The predicted molar refractivity (Wildman–Crippen MR) is 102 cm³/mol. The molecule has 0 radical (unpaired) electrons. The molecule has 0 saturated heterocycles. The average molecular weight is 381 g/mol. The number of hydrogen-bond acceptors (Lipinski definition) is 6. The Hall–Kier alpha value is -3.61. The fourth-order valence-electron chi connectivity index (χ4n) is 2.95. The normalized spacial score (nSPS) is 11.8. The maximum Gasteiger partial charge on any atom is 0.336 e. The van der Waals surface area contributed by atoms with Crippen molar-refractivity contribution in [2.75, 3.05) is 7.11 Å². The van der Waals surface area contributed by atoms with E-state index in [9.17, 15) is 19.5 Å². The zero-order valence-electron chi connectivity index (χ0n) is 15.2. The summed E-state index contributed by atoms with van der Waals surface area (Å²) < 4.78 is 9.91. The van der Waals surface area contributed by atoms with E-state index in [1.165, 1.54) is 25.3 Å². The minimum Gasteiger partial charge on any atom is -0.508 e. The van der Waals surface area contributed by atoms with Crippen molar-refractivity contribution in [3.05, 3.63) is 76.1 Å². The van der Waals surface area contributed by atoms with Crippen molar-refractivity contribution in [1.29, 1.82) is 0 Å². The molecular formula is C21H19NO6. The van der Waals surface area contributed by atoms with Crippen molar-refractivity contribution in [3.8, 4) is 5.75 Å². The van der Waals surface area contributed by atoms with Crippen molar-refractivity contribution >= 4 is 22.8 Å². The number of para-hydroxylation sites is 1. The molecule has 28 heavy (non-hydrogen) atoms. The number of methoxy groups -OCH3 is 1. The Bertz CT molecular complexity index is 1050. The summed E-state index contributed by atoms with van der Waals surface area (Å²) in [5.41, 5.74) is 1.11. The standard InChI is InChI=1S/C21H19NO6/c1-27-21(26)17(10-13-6-8-15(23)9-7-13)22-19(24)11-14-12-20(25)28-18-5-3-2-4-16(14)18/h2-9,12,17,23H,10-11H2,1H3,(H,22,24). The summed E-state index contributed by atoms with van der Waals surface area (Å²) in [6.07, 6.45) is 0.117. The van der Waals surface area contributed by atoms with Gasteiger partial charge in [0.2, 0.25) is 5.91 Å². The van der Waals surface area contributed by atoms with Gasteiger partial charge in [-0.25, -0.2) is 9.59 Å². The number of amides is 1. The van der Waals surface area contributed by atoms with Crippen LogP contribution in [0.25, 0.3) is 11.0 Å². The second-order valence-electron chi connectivity index (χ2n) is 6.28. The molecule has 0 saturated carbocycles. The zero-order chi connectivity index (χ0) is 20.1. The van der Waals surface area contributed by atoms with Gasteiger partial charge in [-0.05, 0) is 29.3 Å². The second kappa shape index (κ2) is 8.39. The fraction of sp³-hybridized carbons (Fsp3) is 0.190. The summed E-state index contributed by atoms with van der Waals surface area (Å²) in [6.45, 7) is 0. The molecule has 0 aliphatic carbocycles.